The van der Waals surface area contributed by atoms with Crippen LogP contribution in [0.1, 0.15) is 15.9 Å². The van der Waals surface area contributed by atoms with E-state index in [9.17, 15) is 13.6 Å². The first-order valence-electron chi connectivity index (χ1n) is 5.53. The Kier molecular flexibility index (Phi) is 3.46. The van der Waals surface area contributed by atoms with Crippen LogP contribution in [0.5, 0.6) is 0 Å². The largest absolute Gasteiger partial charge is 0.478 e. The maximum atomic E-state index is 13.5. The molecule has 2 aromatic carbocycles. The van der Waals surface area contributed by atoms with Gasteiger partial charge in [0.2, 0.25) is 0 Å². The number of hydrogen-bond acceptors (Lipinski definition) is 2. The van der Waals surface area contributed by atoms with Gasteiger partial charge in [0, 0.05) is 6.07 Å². The van der Waals surface area contributed by atoms with E-state index in [1.165, 1.54) is 12.1 Å². The number of carboxylic acids is 1. The fourth-order valence-electron chi connectivity index (χ4n) is 1.68. The van der Waals surface area contributed by atoms with Gasteiger partial charge in [-0.25, -0.2) is 13.6 Å². The van der Waals surface area contributed by atoms with E-state index in [-0.39, 0.29) is 16.9 Å². The third-order valence-electron chi connectivity index (χ3n) is 2.61. The summed E-state index contributed by atoms with van der Waals surface area (Å²) in [4.78, 5) is 11.1. The number of aryl methyl sites for hydroxylation is 1. The van der Waals surface area contributed by atoms with Crippen LogP contribution in [0.2, 0.25) is 0 Å². The second kappa shape index (κ2) is 5.06. The van der Waals surface area contributed by atoms with Gasteiger partial charge in [-0.1, -0.05) is 6.07 Å². The molecule has 0 aliphatic rings. The fourth-order valence-corrected chi connectivity index (χ4v) is 1.68. The van der Waals surface area contributed by atoms with Crippen molar-refractivity contribution in [2.75, 3.05) is 5.32 Å². The summed E-state index contributed by atoms with van der Waals surface area (Å²) >= 11 is 0. The molecule has 0 radical (unpaired) electrons. The molecule has 0 amide bonds. The van der Waals surface area contributed by atoms with Gasteiger partial charge in [0.05, 0.1) is 16.9 Å². The third kappa shape index (κ3) is 2.88. The quantitative estimate of drug-likeness (QED) is 0.887. The van der Waals surface area contributed by atoms with Crippen molar-refractivity contribution in [3.05, 3.63) is 59.2 Å². The average molecular weight is 263 g/mol. The van der Waals surface area contributed by atoms with Crippen LogP contribution < -0.4 is 5.32 Å². The van der Waals surface area contributed by atoms with Gasteiger partial charge < -0.3 is 10.4 Å². The molecule has 19 heavy (non-hydrogen) atoms. The highest BCUT2D eigenvalue weighted by molar-refractivity contribution is 5.95. The van der Waals surface area contributed by atoms with Crippen molar-refractivity contribution in [3.8, 4) is 0 Å². The lowest BCUT2D eigenvalue weighted by atomic mass is 10.1. The smallest absolute Gasteiger partial charge is 0.337 e. The van der Waals surface area contributed by atoms with Crippen LogP contribution in [0, 0.1) is 18.6 Å². The summed E-state index contributed by atoms with van der Waals surface area (Å²) in [6.45, 7) is 1.79. The summed E-state index contributed by atoms with van der Waals surface area (Å²) in [7, 11) is 0. The van der Waals surface area contributed by atoms with E-state index in [4.69, 9.17) is 5.11 Å². The van der Waals surface area contributed by atoms with Crippen molar-refractivity contribution >= 4 is 17.3 Å². The molecular formula is C14H11F2NO2. The molecule has 0 fully saturated rings. The van der Waals surface area contributed by atoms with Crippen LogP contribution in [0.25, 0.3) is 0 Å². The predicted octanol–water partition coefficient (Wildman–Crippen LogP) is 3.72. The standard InChI is InChI=1S/C14H11F2NO2/c1-8-2-4-10(14(18)19)13(6-8)17-12-5-3-9(15)7-11(12)16/h2-7,17H,1H3,(H,18,19). The number of anilines is 2. The van der Waals surface area contributed by atoms with Crippen LogP contribution in [-0.2, 0) is 0 Å². The number of aromatic carboxylic acids is 1. The van der Waals surface area contributed by atoms with E-state index < -0.39 is 17.6 Å². The molecule has 2 rings (SSSR count). The maximum absolute atomic E-state index is 13.5. The van der Waals surface area contributed by atoms with E-state index in [0.717, 1.165) is 17.7 Å². The molecule has 3 nitrogen and oxygen atoms in total. The Morgan fingerprint density at radius 1 is 1.11 bits per heavy atom. The first-order chi connectivity index (χ1) is 8.97. The van der Waals surface area contributed by atoms with Gasteiger partial charge in [-0.15, -0.1) is 0 Å². The molecule has 0 bridgehead atoms. The van der Waals surface area contributed by atoms with Gasteiger partial charge in [-0.2, -0.15) is 0 Å². The molecule has 2 N–H and O–H groups in total. The molecule has 0 atom stereocenters. The van der Waals surface area contributed by atoms with E-state index >= 15 is 0 Å². The molecule has 0 aliphatic carbocycles. The van der Waals surface area contributed by atoms with Crippen LogP contribution in [0.3, 0.4) is 0 Å². The first kappa shape index (κ1) is 13.0. The molecule has 0 heterocycles. The first-order valence-corrected chi connectivity index (χ1v) is 5.53. The molecule has 98 valence electrons. The molecule has 0 aromatic heterocycles. The van der Waals surface area contributed by atoms with Crippen molar-refractivity contribution in [2.45, 2.75) is 6.92 Å². The molecule has 0 unspecified atom stereocenters. The number of halogens is 2. The van der Waals surface area contributed by atoms with Gasteiger partial charge in [0.25, 0.3) is 0 Å². The second-order valence-electron chi connectivity index (χ2n) is 4.10. The minimum absolute atomic E-state index is 0.0225. The highest BCUT2D eigenvalue weighted by Crippen LogP contribution is 2.24. The monoisotopic (exact) mass is 263 g/mol. The summed E-state index contributed by atoms with van der Waals surface area (Å²) in [5, 5.41) is 11.7. The number of carbonyl (C=O) groups is 1. The predicted molar refractivity (Wildman–Crippen MR) is 67.8 cm³/mol. The molecule has 0 saturated carbocycles. The van der Waals surface area contributed by atoms with Gasteiger partial charge in [0.15, 0.2) is 0 Å². The fraction of sp³-hybridized carbons (Fsp3) is 0.0714. The van der Waals surface area contributed by atoms with E-state index in [1.54, 1.807) is 19.1 Å². The van der Waals surface area contributed by atoms with Gasteiger partial charge in [-0.3, -0.25) is 0 Å². The summed E-state index contributed by atoms with van der Waals surface area (Å²) in [6, 6.07) is 7.72. The van der Waals surface area contributed by atoms with Crippen molar-refractivity contribution in [1.82, 2.24) is 0 Å². The van der Waals surface area contributed by atoms with Crippen molar-refractivity contribution in [2.24, 2.45) is 0 Å². The lowest BCUT2D eigenvalue weighted by Gasteiger charge is -2.11. The minimum atomic E-state index is -1.12. The van der Waals surface area contributed by atoms with Gasteiger partial charge in [0.1, 0.15) is 11.6 Å². The normalized spacial score (nSPS) is 10.3. The van der Waals surface area contributed by atoms with Crippen LogP contribution in [0.4, 0.5) is 20.2 Å². The zero-order chi connectivity index (χ0) is 14.0. The third-order valence-corrected chi connectivity index (χ3v) is 2.61. The Morgan fingerprint density at radius 3 is 2.47 bits per heavy atom. The van der Waals surface area contributed by atoms with Crippen LogP contribution in [0.15, 0.2) is 36.4 Å². The molecule has 5 heteroatoms. The number of rotatable bonds is 3. The molecule has 0 spiro atoms. The molecule has 0 aliphatic heterocycles. The molecular weight excluding hydrogens is 252 g/mol. The van der Waals surface area contributed by atoms with Crippen LogP contribution >= 0.6 is 0 Å². The maximum Gasteiger partial charge on any atom is 0.337 e. The Labute approximate surface area is 108 Å². The van der Waals surface area contributed by atoms with E-state index in [2.05, 4.69) is 5.32 Å². The Balaban J connectivity index is 2.42. The summed E-state index contributed by atoms with van der Waals surface area (Å²) in [5.41, 5.74) is 1.14. The Hall–Kier alpha value is -2.43. The minimum Gasteiger partial charge on any atom is -0.478 e. The SMILES string of the molecule is Cc1ccc(C(=O)O)c(Nc2ccc(F)cc2F)c1. The van der Waals surface area contributed by atoms with E-state index in [1.807, 2.05) is 0 Å². The number of carboxylic acid groups (broad SMARTS) is 1. The zero-order valence-corrected chi connectivity index (χ0v) is 10.1. The zero-order valence-electron chi connectivity index (χ0n) is 10.1. The van der Waals surface area contributed by atoms with E-state index in [0.29, 0.717) is 0 Å². The van der Waals surface area contributed by atoms with Crippen molar-refractivity contribution in [3.63, 3.8) is 0 Å². The highest BCUT2D eigenvalue weighted by Gasteiger charge is 2.12. The summed E-state index contributed by atoms with van der Waals surface area (Å²) in [5.74, 6) is -2.59. The number of nitrogens with one attached hydrogen (secondary N) is 1. The molecule has 0 saturated heterocycles. The number of benzene rings is 2. The van der Waals surface area contributed by atoms with Crippen molar-refractivity contribution < 1.29 is 18.7 Å². The summed E-state index contributed by atoms with van der Waals surface area (Å²) < 4.78 is 26.3. The Bertz CT molecular complexity index is 641. The van der Waals surface area contributed by atoms with Gasteiger partial charge in [-0.05, 0) is 36.8 Å². The Morgan fingerprint density at radius 2 is 1.84 bits per heavy atom. The number of hydrogen-bond donors (Lipinski definition) is 2. The lowest BCUT2D eigenvalue weighted by Crippen LogP contribution is -2.04. The lowest BCUT2D eigenvalue weighted by molar-refractivity contribution is 0.0698. The average Bonchev–Trinajstić information content (AvgIpc) is 2.32. The molecule has 2 aromatic rings. The second-order valence-corrected chi connectivity index (χ2v) is 4.10. The van der Waals surface area contributed by atoms with Crippen molar-refractivity contribution in [1.29, 1.82) is 0 Å². The van der Waals surface area contributed by atoms with Crippen LogP contribution in [-0.4, -0.2) is 11.1 Å². The summed E-state index contributed by atoms with van der Waals surface area (Å²) in [6.07, 6.45) is 0. The topological polar surface area (TPSA) is 49.3 Å². The highest BCUT2D eigenvalue weighted by atomic mass is 19.1. The van der Waals surface area contributed by atoms with Gasteiger partial charge >= 0.3 is 5.97 Å².